The van der Waals surface area contributed by atoms with Crippen LogP contribution in [-0.2, 0) is 7.05 Å². The van der Waals surface area contributed by atoms with Crippen molar-refractivity contribution in [2.75, 3.05) is 14.1 Å². The Kier molecular flexibility index (Phi) is 4.15. The summed E-state index contributed by atoms with van der Waals surface area (Å²) in [4.78, 5) is 15.5. The number of nitro groups is 1. The molecule has 98 valence electrons. The van der Waals surface area contributed by atoms with E-state index < -0.39 is 4.92 Å². The predicted octanol–water partition coefficient (Wildman–Crippen LogP) is -0.615. The number of hydrogen-bond donors (Lipinski definition) is 2. The van der Waals surface area contributed by atoms with Crippen molar-refractivity contribution in [2.45, 2.75) is 0 Å². The van der Waals surface area contributed by atoms with Crippen molar-refractivity contribution in [3.63, 3.8) is 0 Å². The highest BCUT2D eigenvalue weighted by Crippen LogP contribution is 2.10. The lowest BCUT2D eigenvalue weighted by Gasteiger charge is -2.11. The average molecular weight is 271 g/mol. The van der Waals surface area contributed by atoms with Gasteiger partial charge in [-0.1, -0.05) is 0 Å². The first-order chi connectivity index (χ1) is 8.34. The van der Waals surface area contributed by atoms with E-state index in [4.69, 9.17) is 18.0 Å². The van der Waals surface area contributed by atoms with Crippen molar-refractivity contribution in [3.8, 4) is 0 Å². The van der Waals surface area contributed by atoms with E-state index in [2.05, 4.69) is 15.5 Å². The van der Waals surface area contributed by atoms with Gasteiger partial charge in [0.25, 0.3) is 5.82 Å². The third-order valence-electron chi connectivity index (χ3n) is 2.06. The van der Waals surface area contributed by atoms with Gasteiger partial charge in [0.05, 0.1) is 7.05 Å². The van der Waals surface area contributed by atoms with Crippen molar-refractivity contribution in [2.24, 2.45) is 17.9 Å². The van der Waals surface area contributed by atoms with Crippen LogP contribution in [0.25, 0.3) is 0 Å². The second-order valence-electron chi connectivity index (χ2n) is 3.56. The molecule has 1 heterocycles. The Bertz CT molecular complexity index is 508. The summed E-state index contributed by atoms with van der Waals surface area (Å²) in [5, 5.41) is 14.8. The van der Waals surface area contributed by atoms with Gasteiger partial charge in [-0.15, -0.1) is 5.10 Å². The van der Waals surface area contributed by atoms with Crippen molar-refractivity contribution < 1.29 is 4.92 Å². The molecule has 10 heteroatoms. The number of hydrogen-bond acceptors (Lipinski definition) is 5. The Morgan fingerprint density at radius 2 is 2.33 bits per heavy atom. The highest BCUT2D eigenvalue weighted by atomic mass is 32.1. The molecule has 0 aliphatic rings. The zero-order valence-corrected chi connectivity index (χ0v) is 10.9. The predicted molar refractivity (Wildman–Crippen MR) is 70.0 cm³/mol. The molecule has 0 spiro atoms. The first-order valence-electron chi connectivity index (χ1n) is 4.81. The largest absolute Gasteiger partial charge is 0.377 e. The van der Waals surface area contributed by atoms with Gasteiger partial charge in [0.1, 0.15) is 6.20 Å². The van der Waals surface area contributed by atoms with Gasteiger partial charge in [0.15, 0.2) is 5.11 Å². The Labute approximate surface area is 108 Å². The highest BCUT2D eigenvalue weighted by Gasteiger charge is 2.19. The van der Waals surface area contributed by atoms with Crippen molar-refractivity contribution in [3.05, 3.63) is 22.1 Å². The molecule has 0 atom stereocenters. The third-order valence-corrected chi connectivity index (χ3v) is 2.51. The molecule has 0 aliphatic heterocycles. The van der Waals surface area contributed by atoms with Crippen LogP contribution in [0.1, 0.15) is 5.82 Å². The van der Waals surface area contributed by atoms with Gasteiger partial charge >= 0.3 is 5.82 Å². The Morgan fingerprint density at radius 3 is 2.78 bits per heavy atom. The van der Waals surface area contributed by atoms with Crippen LogP contribution >= 0.6 is 12.2 Å². The maximum atomic E-state index is 10.6. The van der Waals surface area contributed by atoms with Crippen LogP contribution < -0.4 is 11.2 Å². The number of rotatable bonds is 3. The molecular weight excluding hydrogens is 258 g/mol. The van der Waals surface area contributed by atoms with Crippen LogP contribution in [-0.4, -0.2) is 44.4 Å². The number of aromatic nitrogens is 2. The molecule has 3 N–H and O–H groups in total. The van der Waals surface area contributed by atoms with E-state index in [1.807, 2.05) is 0 Å². The number of thiocarbonyl (C=S) groups is 1. The van der Waals surface area contributed by atoms with Gasteiger partial charge in [0.2, 0.25) is 5.84 Å². The minimum Gasteiger partial charge on any atom is -0.377 e. The van der Waals surface area contributed by atoms with Gasteiger partial charge in [-0.05, 0) is 17.1 Å². The summed E-state index contributed by atoms with van der Waals surface area (Å²) in [7, 11) is 4.96. The molecule has 0 aliphatic carbocycles. The van der Waals surface area contributed by atoms with Gasteiger partial charge < -0.3 is 20.7 Å². The van der Waals surface area contributed by atoms with Crippen LogP contribution in [0, 0.1) is 10.1 Å². The average Bonchev–Trinajstić information content (AvgIpc) is 2.67. The normalized spacial score (nSPS) is 11.2. The Hall–Kier alpha value is -2.23. The summed E-state index contributed by atoms with van der Waals surface area (Å²) in [5.41, 5.74) is 8.20. The second kappa shape index (κ2) is 5.40. The lowest BCUT2D eigenvalue weighted by Crippen LogP contribution is -2.33. The number of hydrazone groups is 1. The highest BCUT2D eigenvalue weighted by molar-refractivity contribution is 7.80. The molecular formula is C8H13N7O2S. The van der Waals surface area contributed by atoms with Crippen molar-refractivity contribution >= 4 is 29.0 Å². The first-order valence-corrected chi connectivity index (χ1v) is 5.22. The van der Waals surface area contributed by atoms with E-state index in [9.17, 15) is 10.1 Å². The zero-order valence-electron chi connectivity index (χ0n) is 10.1. The summed E-state index contributed by atoms with van der Waals surface area (Å²) in [5.74, 6) is 0.0314. The smallest absolute Gasteiger partial charge is 0.343 e. The van der Waals surface area contributed by atoms with Crippen LogP contribution in [0.15, 0.2) is 11.3 Å². The van der Waals surface area contributed by atoms with Gasteiger partial charge in [0, 0.05) is 14.1 Å². The number of amidine groups is 1. The van der Waals surface area contributed by atoms with Gasteiger partial charge in [-0.2, -0.15) is 0 Å². The molecule has 9 nitrogen and oxygen atoms in total. The van der Waals surface area contributed by atoms with Crippen LogP contribution in [0.2, 0.25) is 0 Å². The third kappa shape index (κ3) is 2.91. The Morgan fingerprint density at radius 1 is 1.72 bits per heavy atom. The minimum absolute atomic E-state index is 0.00907. The number of nitrogens with zero attached hydrogens (tertiary/aromatic N) is 5. The maximum Gasteiger partial charge on any atom is 0.343 e. The molecule has 0 saturated carbocycles. The second-order valence-corrected chi connectivity index (χ2v) is 3.95. The zero-order chi connectivity index (χ0) is 13.9. The lowest BCUT2D eigenvalue weighted by molar-refractivity contribution is -0.391. The quantitative estimate of drug-likeness (QED) is 0.247. The standard InChI is InChI=1S/C8H13N7O2S/c1-13(2)8(18)12-11-6(9)7-10-4-5(14(7)3)15(16)17/h4H,1-3H3,(H2,9,11)(H,12,18). The maximum absolute atomic E-state index is 10.6. The molecule has 0 aromatic carbocycles. The molecule has 0 fully saturated rings. The summed E-state index contributed by atoms with van der Waals surface area (Å²) < 4.78 is 1.24. The molecule has 0 radical (unpaired) electrons. The number of nitrogens with one attached hydrogen (secondary N) is 1. The van der Waals surface area contributed by atoms with Crippen LogP contribution in [0.3, 0.4) is 0 Å². The molecule has 1 aromatic heterocycles. The van der Waals surface area contributed by atoms with Gasteiger partial charge in [-0.25, -0.2) is 9.55 Å². The lowest BCUT2D eigenvalue weighted by atomic mass is 10.5. The fourth-order valence-electron chi connectivity index (χ4n) is 1.07. The monoisotopic (exact) mass is 271 g/mol. The fourth-order valence-corrected chi connectivity index (χ4v) is 1.11. The summed E-state index contributed by atoms with van der Waals surface area (Å²) in [6.07, 6.45) is 1.11. The van der Waals surface area contributed by atoms with Crippen LogP contribution in [0.5, 0.6) is 0 Å². The summed E-state index contributed by atoms with van der Waals surface area (Å²) in [6.45, 7) is 0. The first kappa shape index (κ1) is 13.8. The van der Waals surface area contributed by atoms with Crippen molar-refractivity contribution in [1.82, 2.24) is 19.9 Å². The van der Waals surface area contributed by atoms with E-state index in [0.29, 0.717) is 5.11 Å². The molecule has 1 aromatic rings. The molecule has 0 saturated heterocycles. The van der Waals surface area contributed by atoms with E-state index >= 15 is 0 Å². The number of nitrogens with two attached hydrogens (primary N) is 1. The molecule has 0 amide bonds. The SMILES string of the molecule is CN(C)C(=S)N/N=C(/N)c1ncc([N+](=O)[O-])n1C. The van der Waals surface area contributed by atoms with Gasteiger partial charge in [-0.3, -0.25) is 5.43 Å². The van der Waals surface area contributed by atoms with E-state index in [1.54, 1.807) is 19.0 Å². The van der Waals surface area contributed by atoms with E-state index in [-0.39, 0.29) is 17.5 Å². The summed E-state index contributed by atoms with van der Waals surface area (Å²) in [6, 6.07) is 0. The van der Waals surface area contributed by atoms with Crippen molar-refractivity contribution in [1.29, 1.82) is 0 Å². The summed E-state index contributed by atoms with van der Waals surface area (Å²) >= 11 is 4.94. The number of imidazole rings is 1. The Balaban J connectivity index is 2.91. The van der Waals surface area contributed by atoms with E-state index in [0.717, 1.165) is 6.20 Å². The fraction of sp³-hybridized carbons (Fsp3) is 0.375. The molecule has 1 rings (SSSR count). The van der Waals surface area contributed by atoms with E-state index in [1.165, 1.54) is 11.6 Å². The molecule has 18 heavy (non-hydrogen) atoms. The molecule has 0 bridgehead atoms. The topological polar surface area (TPSA) is 115 Å². The van der Waals surface area contributed by atoms with Crippen LogP contribution in [0.4, 0.5) is 5.82 Å². The minimum atomic E-state index is -0.554. The molecule has 0 unspecified atom stereocenters.